The number of nitroso groups, excluding NO2 is 1. The third-order valence-electron chi connectivity index (χ3n) is 2.23. The summed E-state index contributed by atoms with van der Waals surface area (Å²) in [5.74, 6) is 0. The first-order chi connectivity index (χ1) is 6.45. The fraction of sp³-hybridized carbons (Fsp3) is 0.455. The predicted molar refractivity (Wildman–Crippen MR) is 59.3 cm³/mol. The van der Waals surface area contributed by atoms with Crippen molar-refractivity contribution in [1.82, 2.24) is 0 Å². The van der Waals surface area contributed by atoms with E-state index in [2.05, 4.69) is 26.1 Å². The lowest BCUT2D eigenvalue weighted by Gasteiger charge is -2.19. The van der Waals surface area contributed by atoms with Crippen molar-refractivity contribution in [3.8, 4) is 0 Å². The van der Waals surface area contributed by atoms with Gasteiger partial charge in [0.2, 0.25) is 0 Å². The van der Waals surface area contributed by atoms with Crippen LogP contribution in [0.5, 0.6) is 0 Å². The Morgan fingerprint density at radius 2 is 1.64 bits per heavy atom. The van der Waals surface area contributed by atoms with Crippen molar-refractivity contribution < 1.29 is 0 Å². The predicted octanol–water partition coefficient (Wildman–Crippen LogP) is 3.10. The van der Waals surface area contributed by atoms with E-state index in [1.54, 1.807) is 7.05 Å². The molecule has 14 heavy (non-hydrogen) atoms. The SMILES string of the molecule is CN(N=O)c1ccc(C(C)(C)C)cc1. The Morgan fingerprint density at radius 3 is 2.00 bits per heavy atom. The molecule has 0 saturated heterocycles. The van der Waals surface area contributed by atoms with Gasteiger partial charge in [0.1, 0.15) is 0 Å². The number of hydrogen-bond acceptors (Lipinski definition) is 2. The second-order valence-electron chi connectivity index (χ2n) is 4.40. The van der Waals surface area contributed by atoms with Gasteiger partial charge in [0.25, 0.3) is 0 Å². The van der Waals surface area contributed by atoms with Crippen molar-refractivity contribution in [2.75, 3.05) is 12.1 Å². The molecule has 1 aromatic carbocycles. The van der Waals surface area contributed by atoms with Crippen molar-refractivity contribution in [3.63, 3.8) is 0 Å². The van der Waals surface area contributed by atoms with E-state index in [1.807, 2.05) is 24.3 Å². The van der Waals surface area contributed by atoms with Crippen LogP contribution in [0.1, 0.15) is 26.3 Å². The van der Waals surface area contributed by atoms with Gasteiger partial charge < -0.3 is 0 Å². The highest BCUT2D eigenvalue weighted by Crippen LogP contribution is 2.24. The summed E-state index contributed by atoms with van der Waals surface area (Å²) in [7, 11) is 1.64. The zero-order chi connectivity index (χ0) is 10.8. The summed E-state index contributed by atoms with van der Waals surface area (Å²) in [5.41, 5.74) is 2.21. The van der Waals surface area contributed by atoms with Crippen molar-refractivity contribution in [1.29, 1.82) is 0 Å². The topological polar surface area (TPSA) is 32.7 Å². The molecule has 0 spiro atoms. The second kappa shape index (κ2) is 3.78. The van der Waals surface area contributed by atoms with Gasteiger partial charge in [-0.1, -0.05) is 32.9 Å². The van der Waals surface area contributed by atoms with E-state index >= 15 is 0 Å². The van der Waals surface area contributed by atoms with E-state index in [1.165, 1.54) is 10.6 Å². The van der Waals surface area contributed by atoms with E-state index in [4.69, 9.17) is 0 Å². The molecule has 0 aliphatic rings. The van der Waals surface area contributed by atoms with Gasteiger partial charge in [-0.3, -0.25) is 0 Å². The molecule has 0 heterocycles. The van der Waals surface area contributed by atoms with Crippen LogP contribution in [0.15, 0.2) is 29.6 Å². The summed E-state index contributed by atoms with van der Waals surface area (Å²) >= 11 is 0. The smallest absolute Gasteiger partial charge is 0.0623 e. The summed E-state index contributed by atoms with van der Waals surface area (Å²) in [6.07, 6.45) is 0. The molecule has 1 aromatic rings. The average molecular weight is 192 g/mol. The van der Waals surface area contributed by atoms with Crippen LogP contribution < -0.4 is 5.01 Å². The highest BCUT2D eigenvalue weighted by molar-refractivity contribution is 5.46. The lowest BCUT2D eigenvalue weighted by atomic mass is 9.87. The molecule has 0 aromatic heterocycles. The van der Waals surface area contributed by atoms with Gasteiger partial charge in [0.15, 0.2) is 0 Å². The Labute approximate surface area is 84.7 Å². The van der Waals surface area contributed by atoms with Crippen molar-refractivity contribution in [2.24, 2.45) is 5.29 Å². The summed E-state index contributed by atoms with van der Waals surface area (Å²) in [6.45, 7) is 6.47. The highest BCUT2D eigenvalue weighted by Gasteiger charge is 2.13. The molecule has 0 N–H and O–H groups in total. The molecule has 0 aliphatic heterocycles. The van der Waals surface area contributed by atoms with E-state index < -0.39 is 0 Å². The van der Waals surface area contributed by atoms with Crippen LogP contribution in [-0.4, -0.2) is 7.05 Å². The first kappa shape index (κ1) is 10.7. The number of anilines is 1. The molecule has 0 unspecified atom stereocenters. The summed E-state index contributed by atoms with van der Waals surface area (Å²) in [5, 5.41) is 4.15. The fourth-order valence-electron chi connectivity index (χ4n) is 1.22. The van der Waals surface area contributed by atoms with Gasteiger partial charge in [-0.2, -0.15) is 0 Å². The van der Waals surface area contributed by atoms with E-state index in [0.717, 1.165) is 5.69 Å². The summed E-state index contributed by atoms with van der Waals surface area (Å²) < 4.78 is 0. The fourth-order valence-corrected chi connectivity index (χ4v) is 1.22. The molecule has 0 aliphatic carbocycles. The van der Waals surface area contributed by atoms with Crippen LogP contribution in [0, 0.1) is 4.91 Å². The van der Waals surface area contributed by atoms with E-state index in [9.17, 15) is 4.91 Å². The van der Waals surface area contributed by atoms with Crippen LogP contribution in [-0.2, 0) is 5.41 Å². The maximum absolute atomic E-state index is 10.3. The van der Waals surface area contributed by atoms with E-state index in [0.29, 0.717) is 0 Å². The molecule has 0 amide bonds. The lowest BCUT2D eigenvalue weighted by Crippen LogP contribution is -2.12. The largest absolute Gasteiger partial charge is 0.232 e. The highest BCUT2D eigenvalue weighted by atomic mass is 16.3. The van der Waals surface area contributed by atoms with Crippen LogP contribution >= 0.6 is 0 Å². The zero-order valence-electron chi connectivity index (χ0n) is 9.11. The minimum atomic E-state index is 0.145. The number of hydrogen-bond donors (Lipinski definition) is 0. The van der Waals surface area contributed by atoms with Crippen molar-refractivity contribution >= 4 is 5.69 Å². The Morgan fingerprint density at radius 1 is 1.14 bits per heavy atom. The molecule has 0 atom stereocenters. The second-order valence-corrected chi connectivity index (χ2v) is 4.40. The molecule has 0 fully saturated rings. The van der Waals surface area contributed by atoms with Gasteiger partial charge >= 0.3 is 0 Å². The molecule has 76 valence electrons. The molecule has 3 heteroatoms. The first-order valence-electron chi connectivity index (χ1n) is 4.62. The molecular weight excluding hydrogens is 176 g/mol. The van der Waals surface area contributed by atoms with Gasteiger partial charge in [0.05, 0.1) is 11.0 Å². The van der Waals surface area contributed by atoms with Crippen LogP contribution in [0.4, 0.5) is 5.69 Å². The van der Waals surface area contributed by atoms with Crippen molar-refractivity contribution in [2.45, 2.75) is 26.2 Å². The molecule has 1 rings (SSSR count). The number of rotatable bonds is 2. The van der Waals surface area contributed by atoms with Crippen LogP contribution in [0.3, 0.4) is 0 Å². The molecular formula is C11H16N2O. The average Bonchev–Trinajstić information content (AvgIpc) is 2.15. The Hall–Kier alpha value is -1.38. The zero-order valence-corrected chi connectivity index (χ0v) is 9.11. The maximum atomic E-state index is 10.3. The van der Waals surface area contributed by atoms with Gasteiger partial charge in [-0.15, -0.1) is 4.91 Å². The third kappa shape index (κ3) is 2.31. The first-order valence-corrected chi connectivity index (χ1v) is 4.62. The van der Waals surface area contributed by atoms with Crippen molar-refractivity contribution in [3.05, 3.63) is 34.7 Å². The summed E-state index contributed by atoms with van der Waals surface area (Å²) in [4.78, 5) is 10.3. The molecule has 0 bridgehead atoms. The third-order valence-corrected chi connectivity index (χ3v) is 2.23. The van der Waals surface area contributed by atoms with Gasteiger partial charge in [-0.25, -0.2) is 5.01 Å². The van der Waals surface area contributed by atoms with Crippen LogP contribution in [0.2, 0.25) is 0 Å². The van der Waals surface area contributed by atoms with Gasteiger partial charge in [0, 0.05) is 7.05 Å². The van der Waals surface area contributed by atoms with Crippen LogP contribution in [0.25, 0.3) is 0 Å². The lowest BCUT2D eigenvalue weighted by molar-refractivity contribution is 0.590. The quantitative estimate of drug-likeness (QED) is 0.532. The number of benzene rings is 1. The number of nitrogens with zero attached hydrogens (tertiary/aromatic N) is 2. The minimum Gasteiger partial charge on any atom is -0.232 e. The summed E-state index contributed by atoms with van der Waals surface area (Å²) in [6, 6.07) is 7.86. The molecule has 0 radical (unpaired) electrons. The Kier molecular flexibility index (Phi) is 2.89. The maximum Gasteiger partial charge on any atom is 0.0623 e. The Balaban J connectivity index is 2.95. The van der Waals surface area contributed by atoms with Gasteiger partial charge in [-0.05, 0) is 23.1 Å². The minimum absolute atomic E-state index is 0.145. The normalized spacial score (nSPS) is 11.1. The Bertz CT molecular complexity index is 311. The standard InChI is InChI=1S/C11H16N2O/c1-11(2,3)9-5-7-10(8-6-9)13(4)12-14/h5-8H,1-4H3. The molecule has 3 nitrogen and oxygen atoms in total. The van der Waals surface area contributed by atoms with E-state index in [-0.39, 0.29) is 5.41 Å². The molecule has 0 saturated carbocycles. The monoisotopic (exact) mass is 192 g/mol.